The number of carbonyl (C=O) groups is 2. The number of nitrogens with zero attached hydrogens (tertiary/aromatic N) is 2. The van der Waals surface area contributed by atoms with E-state index in [1.807, 2.05) is 0 Å². The molecule has 0 fully saturated rings. The Hall–Kier alpha value is -1.85. The molecule has 14 heavy (non-hydrogen) atoms. The minimum Gasteiger partial charge on any atom is -0.476 e. The van der Waals surface area contributed by atoms with Gasteiger partial charge in [-0.2, -0.15) is 5.10 Å². The van der Waals surface area contributed by atoms with Crippen LogP contribution in [0.2, 0.25) is 0 Å². The van der Waals surface area contributed by atoms with Gasteiger partial charge in [-0.05, 0) is 6.07 Å². The first-order valence-corrected chi connectivity index (χ1v) is 4.11. The number of aromatic carboxylic acids is 1. The van der Waals surface area contributed by atoms with Gasteiger partial charge >= 0.3 is 5.97 Å². The SMILES string of the molecule is CC(=O)NCCn1ccc(C(=O)O)n1. The fourth-order valence-electron chi connectivity index (χ4n) is 0.947. The van der Waals surface area contributed by atoms with Crippen LogP contribution in [0, 0.1) is 0 Å². The van der Waals surface area contributed by atoms with Gasteiger partial charge in [0.05, 0.1) is 6.54 Å². The minimum atomic E-state index is -1.05. The lowest BCUT2D eigenvalue weighted by atomic mass is 10.5. The average molecular weight is 197 g/mol. The van der Waals surface area contributed by atoms with Crippen LogP contribution >= 0.6 is 0 Å². The molecule has 0 unspecified atom stereocenters. The molecule has 0 aliphatic carbocycles. The zero-order valence-electron chi connectivity index (χ0n) is 7.73. The van der Waals surface area contributed by atoms with E-state index in [2.05, 4.69) is 10.4 Å². The second-order valence-electron chi connectivity index (χ2n) is 2.75. The first-order valence-electron chi connectivity index (χ1n) is 4.11. The summed E-state index contributed by atoms with van der Waals surface area (Å²) in [7, 11) is 0. The summed E-state index contributed by atoms with van der Waals surface area (Å²) in [6, 6.07) is 1.41. The molecule has 0 radical (unpaired) electrons. The van der Waals surface area contributed by atoms with Gasteiger partial charge in [-0.1, -0.05) is 0 Å². The van der Waals surface area contributed by atoms with Gasteiger partial charge in [0.1, 0.15) is 0 Å². The first-order chi connectivity index (χ1) is 6.59. The highest BCUT2D eigenvalue weighted by atomic mass is 16.4. The number of hydrogen-bond donors (Lipinski definition) is 2. The number of aromatic nitrogens is 2. The highest BCUT2D eigenvalue weighted by molar-refractivity contribution is 5.85. The van der Waals surface area contributed by atoms with E-state index in [9.17, 15) is 9.59 Å². The van der Waals surface area contributed by atoms with Crippen LogP contribution in [0.15, 0.2) is 12.3 Å². The molecule has 0 bridgehead atoms. The van der Waals surface area contributed by atoms with Gasteiger partial charge < -0.3 is 10.4 Å². The van der Waals surface area contributed by atoms with Crippen molar-refractivity contribution in [3.63, 3.8) is 0 Å². The van der Waals surface area contributed by atoms with Crippen LogP contribution in [0.3, 0.4) is 0 Å². The summed E-state index contributed by atoms with van der Waals surface area (Å²) in [4.78, 5) is 21.0. The minimum absolute atomic E-state index is 0.00725. The largest absolute Gasteiger partial charge is 0.476 e. The third-order valence-corrected chi connectivity index (χ3v) is 1.57. The molecule has 1 heterocycles. The van der Waals surface area contributed by atoms with Crippen molar-refractivity contribution in [1.82, 2.24) is 15.1 Å². The predicted octanol–water partition coefficient (Wildman–Crippen LogP) is -0.283. The second-order valence-corrected chi connectivity index (χ2v) is 2.75. The Morgan fingerprint density at radius 2 is 2.36 bits per heavy atom. The van der Waals surface area contributed by atoms with E-state index in [0.29, 0.717) is 13.1 Å². The van der Waals surface area contributed by atoms with E-state index in [4.69, 9.17) is 5.11 Å². The van der Waals surface area contributed by atoms with E-state index in [0.717, 1.165) is 0 Å². The van der Waals surface area contributed by atoms with E-state index in [1.165, 1.54) is 17.7 Å². The van der Waals surface area contributed by atoms with E-state index in [1.54, 1.807) is 6.20 Å². The van der Waals surface area contributed by atoms with Gasteiger partial charge in [0, 0.05) is 19.7 Å². The van der Waals surface area contributed by atoms with E-state index < -0.39 is 5.97 Å². The second kappa shape index (κ2) is 4.40. The number of nitrogens with one attached hydrogen (secondary N) is 1. The summed E-state index contributed by atoms with van der Waals surface area (Å²) < 4.78 is 1.47. The maximum atomic E-state index is 10.5. The van der Waals surface area contributed by atoms with Gasteiger partial charge in [-0.25, -0.2) is 4.79 Å². The van der Waals surface area contributed by atoms with Crippen LogP contribution in [0.25, 0.3) is 0 Å². The number of hydrogen-bond acceptors (Lipinski definition) is 3. The monoisotopic (exact) mass is 197 g/mol. The van der Waals surface area contributed by atoms with Gasteiger partial charge in [0.2, 0.25) is 5.91 Å². The molecular weight excluding hydrogens is 186 g/mol. The Labute approximate surface area is 80.5 Å². The Bertz CT molecular complexity index is 345. The molecule has 6 nitrogen and oxygen atoms in total. The van der Waals surface area contributed by atoms with Crippen molar-refractivity contribution >= 4 is 11.9 Å². The molecule has 0 saturated carbocycles. The highest BCUT2D eigenvalue weighted by Crippen LogP contribution is 1.94. The maximum absolute atomic E-state index is 10.5. The summed E-state index contributed by atoms with van der Waals surface area (Å²) in [5, 5.41) is 14.9. The van der Waals surface area contributed by atoms with Crippen molar-refractivity contribution in [2.75, 3.05) is 6.54 Å². The van der Waals surface area contributed by atoms with Crippen LogP contribution in [0.5, 0.6) is 0 Å². The van der Waals surface area contributed by atoms with Crippen LogP contribution in [0.4, 0.5) is 0 Å². The van der Waals surface area contributed by atoms with Gasteiger partial charge in [-0.15, -0.1) is 0 Å². The van der Waals surface area contributed by atoms with Crippen LogP contribution in [-0.2, 0) is 11.3 Å². The van der Waals surface area contributed by atoms with Crippen LogP contribution in [0.1, 0.15) is 17.4 Å². The fourth-order valence-corrected chi connectivity index (χ4v) is 0.947. The molecule has 0 aliphatic heterocycles. The van der Waals surface area contributed by atoms with Crippen molar-refractivity contribution in [2.24, 2.45) is 0 Å². The molecule has 0 atom stereocenters. The molecule has 2 N–H and O–H groups in total. The summed E-state index contributed by atoms with van der Waals surface area (Å²) in [5.74, 6) is -1.17. The molecule has 0 aromatic carbocycles. The smallest absolute Gasteiger partial charge is 0.356 e. The first kappa shape index (κ1) is 10.2. The predicted molar refractivity (Wildman–Crippen MR) is 47.9 cm³/mol. The third kappa shape index (κ3) is 2.89. The lowest BCUT2D eigenvalue weighted by Crippen LogP contribution is -2.24. The molecule has 76 valence electrons. The topological polar surface area (TPSA) is 84.2 Å². The quantitative estimate of drug-likeness (QED) is 0.695. The van der Waals surface area contributed by atoms with Crippen LogP contribution in [-0.4, -0.2) is 33.3 Å². The van der Waals surface area contributed by atoms with Crippen molar-refractivity contribution < 1.29 is 14.7 Å². The summed E-state index contributed by atoms with van der Waals surface area (Å²) in [6.45, 7) is 2.33. The number of carboxylic acid groups (broad SMARTS) is 1. The summed E-state index contributed by atoms with van der Waals surface area (Å²) >= 11 is 0. The average Bonchev–Trinajstić information content (AvgIpc) is 2.52. The molecule has 6 heteroatoms. The molecule has 0 aliphatic rings. The third-order valence-electron chi connectivity index (χ3n) is 1.57. The molecule has 0 spiro atoms. The number of carbonyl (C=O) groups excluding carboxylic acids is 1. The Morgan fingerprint density at radius 3 is 2.86 bits per heavy atom. The van der Waals surface area contributed by atoms with Gasteiger partial charge in [0.25, 0.3) is 0 Å². The Kier molecular flexibility index (Phi) is 3.22. The standard InChI is InChI=1S/C8H11N3O3/c1-6(12)9-3-5-11-4-2-7(10-11)8(13)14/h2,4H,3,5H2,1H3,(H,9,12)(H,13,14). The normalized spacial score (nSPS) is 9.79. The number of amides is 1. The zero-order valence-corrected chi connectivity index (χ0v) is 7.73. The van der Waals surface area contributed by atoms with Crippen LogP contribution < -0.4 is 5.32 Å². The highest BCUT2D eigenvalue weighted by Gasteiger charge is 2.05. The molecule has 1 aromatic heterocycles. The van der Waals surface area contributed by atoms with E-state index in [-0.39, 0.29) is 11.6 Å². The van der Waals surface area contributed by atoms with Crippen molar-refractivity contribution in [1.29, 1.82) is 0 Å². The molecule has 1 aromatic rings. The Morgan fingerprint density at radius 1 is 1.64 bits per heavy atom. The van der Waals surface area contributed by atoms with Gasteiger partial charge in [-0.3, -0.25) is 9.48 Å². The van der Waals surface area contributed by atoms with E-state index >= 15 is 0 Å². The maximum Gasteiger partial charge on any atom is 0.356 e. The van der Waals surface area contributed by atoms with Crippen molar-refractivity contribution in [3.05, 3.63) is 18.0 Å². The number of carboxylic acids is 1. The molecule has 1 rings (SSSR count). The van der Waals surface area contributed by atoms with Crippen molar-refractivity contribution in [2.45, 2.75) is 13.5 Å². The van der Waals surface area contributed by atoms with Gasteiger partial charge in [0.15, 0.2) is 5.69 Å². The molecule has 1 amide bonds. The number of rotatable bonds is 4. The zero-order chi connectivity index (χ0) is 10.6. The Balaban J connectivity index is 2.44. The fraction of sp³-hybridized carbons (Fsp3) is 0.375. The lowest BCUT2D eigenvalue weighted by molar-refractivity contribution is -0.118. The molecular formula is C8H11N3O3. The summed E-state index contributed by atoms with van der Waals surface area (Å²) in [6.07, 6.45) is 1.56. The molecule has 0 saturated heterocycles. The van der Waals surface area contributed by atoms with Crippen molar-refractivity contribution in [3.8, 4) is 0 Å². The summed E-state index contributed by atoms with van der Waals surface area (Å²) in [5.41, 5.74) is 0.00725. The lowest BCUT2D eigenvalue weighted by Gasteiger charge is -2.01.